The second-order valence-corrected chi connectivity index (χ2v) is 8.30. The quantitative estimate of drug-likeness (QED) is 0.431. The maximum Gasteiger partial charge on any atom is 0.244 e. The van der Waals surface area contributed by atoms with Crippen molar-refractivity contribution in [1.82, 2.24) is 5.32 Å². The van der Waals surface area contributed by atoms with E-state index in [2.05, 4.69) is 50.4 Å². The van der Waals surface area contributed by atoms with Crippen molar-refractivity contribution in [2.45, 2.75) is 60.9 Å². The number of aryl methyl sites for hydroxylation is 3. The summed E-state index contributed by atoms with van der Waals surface area (Å²) in [6.45, 7) is 14.7. The van der Waals surface area contributed by atoms with Gasteiger partial charge in [0.05, 0.1) is 12.9 Å². The van der Waals surface area contributed by atoms with Gasteiger partial charge >= 0.3 is 0 Å². The summed E-state index contributed by atoms with van der Waals surface area (Å²) in [6, 6.07) is 8.67. The summed E-state index contributed by atoms with van der Waals surface area (Å²) in [4.78, 5) is 12.5. The Bertz CT molecular complexity index is 1140. The highest BCUT2D eigenvalue weighted by Crippen LogP contribution is 2.41. The van der Waals surface area contributed by atoms with Gasteiger partial charge in [-0.2, -0.15) is 0 Å². The smallest absolute Gasteiger partial charge is 0.244 e. The van der Waals surface area contributed by atoms with Crippen LogP contribution in [0.4, 0.5) is 0 Å². The number of amides is 1. The number of furan rings is 1. The summed E-state index contributed by atoms with van der Waals surface area (Å²) >= 11 is 0. The molecule has 0 aliphatic carbocycles. The molecule has 1 unspecified atom stereocenters. The van der Waals surface area contributed by atoms with Gasteiger partial charge in [0.1, 0.15) is 11.3 Å². The molecule has 0 aliphatic rings. The Morgan fingerprint density at radius 3 is 2.55 bits per heavy atom. The molecule has 0 fully saturated rings. The molecule has 0 saturated carbocycles. The van der Waals surface area contributed by atoms with Gasteiger partial charge in [0, 0.05) is 34.2 Å². The lowest BCUT2D eigenvalue weighted by atomic mass is 9.94. The highest BCUT2D eigenvalue weighted by Gasteiger charge is 2.20. The Kier molecular flexibility index (Phi) is 6.89. The number of carbonyl (C=O) groups excluding carboxylic acids is 1. The monoisotopic (exact) mass is 419 g/mol. The van der Waals surface area contributed by atoms with Crippen LogP contribution in [0.2, 0.25) is 0 Å². The molecule has 1 heterocycles. The van der Waals surface area contributed by atoms with Crippen molar-refractivity contribution in [1.29, 1.82) is 0 Å². The molecule has 1 aromatic heterocycles. The Labute approximate surface area is 185 Å². The molecular formula is C27H33NO3. The average molecular weight is 420 g/mol. The van der Waals surface area contributed by atoms with E-state index in [0.29, 0.717) is 6.61 Å². The molecule has 0 spiro atoms. The van der Waals surface area contributed by atoms with Crippen LogP contribution in [0.1, 0.15) is 56.4 Å². The van der Waals surface area contributed by atoms with Gasteiger partial charge in [-0.15, -0.1) is 0 Å². The van der Waals surface area contributed by atoms with Crippen molar-refractivity contribution in [3.05, 3.63) is 58.9 Å². The maximum atomic E-state index is 12.5. The predicted molar refractivity (Wildman–Crippen MR) is 129 cm³/mol. The van der Waals surface area contributed by atoms with Crippen LogP contribution < -0.4 is 10.1 Å². The van der Waals surface area contributed by atoms with E-state index in [-0.39, 0.29) is 11.9 Å². The molecule has 31 heavy (non-hydrogen) atoms. The summed E-state index contributed by atoms with van der Waals surface area (Å²) in [5.74, 6) is 0.676. The molecule has 4 nitrogen and oxygen atoms in total. The first-order valence-corrected chi connectivity index (χ1v) is 11.0. The van der Waals surface area contributed by atoms with Crippen molar-refractivity contribution in [2.24, 2.45) is 0 Å². The summed E-state index contributed by atoms with van der Waals surface area (Å²) in [5, 5.41) is 4.03. The molecule has 0 radical (unpaired) electrons. The summed E-state index contributed by atoms with van der Waals surface area (Å²) in [5.41, 5.74) is 8.18. The lowest BCUT2D eigenvalue weighted by Crippen LogP contribution is -2.30. The molecule has 2 aromatic carbocycles. The summed E-state index contributed by atoms with van der Waals surface area (Å²) < 4.78 is 12.0. The van der Waals surface area contributed by atoms with Gasteiger partial charge in [-0.1, -0.05) is 30.7 Å². The fourth-order valence-electron chi connectivity index (χ4n) is 3.92. The number of allylic oxidation sites excluding steroid dienone is 1. The second kappa shape index (κ2) is 9.42. The second-order valence-electron chi connectivity index (χ2n) is 8.30. The number of hydrogen-bond acceptors (Lipinski definition) is 3. The first-order valence-electron chi connectivity index (χ1n) is 11.0. The summed E-state index contributed by atoms with van der Waals surface area (Å²) in [7, 11) is 0. The lowest BCUT2D eigenvalue weighted by molar-refractivity contribution is -0.117. The number of fused-ring (bicyclic) bond motifs is 1. The number of carbonyl (C=O) groups is 1. The van der Waals surface area contributed by atoms with Gasteiger partial charge in [-0.25, -0.2) is 0 Å². The van der Waals surface area contributed by atoms with E-state index >= 15 is 0 Å². The number of rotatable bonds is 7. The Morgan fingerprint density at radius 1 is 1.16 bits per heavy atom. The fourth-order valence-corrected chi connectivity index (χ4v) is 3.92. The van der Waals surface area contributed by atoms with E-state index in [1.807, 2.05) is 34.0 Å². The maximum absolute atomic E-state index is 12.5. The largest absolute Gasteiger partial charge is 0.493 e. The van der Waals surface area contributed by atoms with Crippen molar-refractivity contribution in [3.8, 4) is 16.9 Å². The lowest BCUT2D eigenvalue weighted by Gasteiger charge is -2.15. The van der Waals surface area contributed by atoms with E-state index in [1.54, 1.807) is 6.08 Å². The zero-order chi connectivity index (χ0) is 22.7. The number of ether oxygens (including phenoxy) is 1. The van der Waals surface area contributed by atoms with Crippen molar-refractivity contribution in [3.63, 3.8) is 0 Å². The summed E-state index contributed by atoms with van der Waals surface area (Å²) in [6.07, 6.45) is 4.37. The third-order valence-electron chi connectivity index (χ3n) is 5.78. The van der Waals surface area contributed by atoms with Gasteiger partial charge in [0.15, 0.2) is 0 Å². The molecular weight excluding hydrogens is 386 g/mol. The molecule has 3 rings (SSSR count). The fraction of sp³-hybridized carbons (Fsp3) is 0.370. The first kappa shape index (κ1) is 22.7. The highest BCUT2D eigenvalue weighted by atomic mass is 16.5. The zero-order valence-electron chi connectivity index (χ0n) is 19.7. The molecule has 1 N–H and O–H groups in total. The Balaban J connectivity index is 2.18. The molecule has 0 saturated heterocycles. The molecule has 164 valence electrons. The van der Waals surface area contributed by atoms with Crippen LogP contribution in [0, 0.1) is 20.8 Å². The predicted octanol–water partition coefficient (Wildman–Crippen LogP) is 6.74. The molecule has 4 heteroatoms. The number of hydrogen-bond donors (Lipinski definition) is 1. The standard InChI is InChI=1S/C27H33NO3/c1-8-19(6)28-25(29)13-18(5)22-14-23-24(21-11-10-16(3)12-17(21)4)15-31-27(23)20(7)26(22)30-9-2/h10-15,19H,8-9H2,1-7H3,(H,28,29)/b18-13+. The third-order valence-corrected chi connectivity index (χ3v) is 5.78. The van der Waals surface area contributed by atoms with E-state index in [9.17, 15) is 4.79 Å². The van der Waals surface area contributed by atoms with Crippen LogP contribution in [0.25, 0.3) is 27.7 Å². The zero-order valence-corrected chi connectivity index (χ0v) is 19.7. The van der Waals surface area contributed by atoms with Crippen LogP contribution in [0.3, 0.4) is 0 Å². The molecule has 0 bridgehead atoms. The minimum atomic E-state index is -0.0890. The van der Waals surface area contributed by atoms with Gasteiger partial charge < -0.3 is 14.5 Å². The molecule has 0 aliphatic heterocycles. The van der Waals surface area contributed by atoms with Crippen LogP contribution in [0.15, 0.2) is 41.0 Å². The molecule has 1 atom stereocenters. The average Bonchev–Trinajstić information content (AvgIpc) is 3.13. The number of benzene rings is 2. The Hall–Kier alpha value is -3.01. The van der Waals surface area contributed by atoms with E-state index in [1.165, 1.54) is 11.1 Å². The van der Waals surface area contributed by atoms with Crippen molar-refractivity contribution >= 4 is 22.4 Å². The van der Waals surface area contributed by atoms with Crippen LogP contribution in [-0.4, -0.2) is 18.6 Å². The number of nitrogens with one attached hydrogen (secondary N) is 1. The normalized spacial score (nSPS) is 12.8. The van der Waals surface area contributed by atoms with Gasteiger partial charge in [0.25, 0.3) is 0 Å². The van der Waals surface area contributed by atoms with Gasteiger partial charge in [-0.05, 0) is 70.7 Å². The van der Waals surface area contributed by atoms with Crippen LogP contribution in [0.5, 0.6) is 5.75 Å². The van der Waals surface area contributed by atoms with E-state index < -0.39 is 0 Å². The third kappa shape index (κ3) is 4.68. The minimum absolute atomic E-state index is 0.0890. The van der Waals surface area contributed by atoms with Gasteiger partial charge in [0.2, 0.25) is 5.91 Å². The van der Waals surface area contributed by atoms with Gasteiger partial charge in [-0.3, -0.25) is 4.79 Å². The highest BCUT2D eigenvalue weighted by molar-refractivity contribution is 6.02. The van der Waals surface area contributed by atoms with E-state index in [0.717, 1.165) is 51.0 Å². The SMILES string of the molecule is CCOc1c(/C(C)=C/C(=O)NC(C)CC)cc2c(-c3ccc(C)cc3C)coc2c1C. The molecule has 3 aromatic rings. The van der Waals surface area contributed by atoms with Crippen LogP contribution in [-0.2, 0) is 4.79 Å². The van der Waals surface area contributed by atoms with Crippen molar-refractivity contribution < 1.29 is 13.9 Å². The van der Waals surface area contributed by atoms with Crippen molar-refractivity contribution in [2.75, 3.05) is 6.61 Å². The first-order chi connectivity index (χ1) is 14.8. The van der Waals surface area contributed by atoms with Crippen LogP contribution >= 0.6 is 0 Å². The van der Waals surface area contributed by atoms with E-state index in [4.69, 9.17) is 9.15 Å². The minimum Gasteiger partial charge on any atom is -0.493 e. The Morgan fingerprint density at radius 2 is 1.90 bits per heavy atom. The topological polar surface area (TPSA) is 51.5 Å². The molecule has 1 amide bonds.